The second-order valence-corrected chi connectivity index (χ2v) is 12.2. The highest BCUT2D eigenvalue weighted by Crippen LogP contribution is 2.56. The number of aliphatic hydroxyl groups is 1. The molecule has 2 saturated carbocycles. The highest BCUT2D eigenvalue weighted by atomic mass is 35.5. The van der Waals surface area contributed by atoms with Gasteiger partial charge in [0.1, 0.15) is 10.7 Å². The third-order valence-electron chi connectivity index (χ3n) is 8.19. The zero-order chi connectivity index (χ0) is 22.6. The third kappa shape index (κ3) is 3.86. The minimum atomic E-state index is -1.08. The number of halogens is 1. The van der Waals surface area contributed by atoms with Gasteiger partial charge in [-0.05, 0) is 75.0 Å². The Balaban J connectivity index is 1.30. The van der Waals surface area contributed by atoms with Crippen LogP contribution in [0.25, 0.3) is 0 Å². The molecule has 4 aliphatic rings. The smallest absolute Gasteiger partial charge is 0.227 e. The summed E-state index contributed by atoms with van der Waals surface area (Å²) >= 11 is 6.09. The normalized spacial score (nSPS) is 27.0. The van der Waals surface area contributed by atoms with Crippen molar-refractivity contribution < 1.29 is 9.32 Å². The fourth-order valence-electron chi connectivity index (χ4n) is 5.71. The average Bonchev–Trinajstić information content (AvgIpc) is 3.55. The van der Waals surface area contributed by atoms with E-state index in [4.69, 9.17) is 21.6 Å². The molecule has 2 aliphatic heterocycles. The highest BCUT2D eigenvalue weighted by molar-refractivity contribution is 7.85. The summed E-state index contributed by atoms with van der Waals surface area (Å²) in [6.07, 6.45) is 8.31. The van der Waals surface area contributed by atoms with Crippen molar-refractivity contribution in [3.8, 4) is 0 Å². The van der Waals surface area contributed by atoms with Gasteiger partial charge >= 0.3 is 0 Å². The largest absolute Gasteiger partial charge is 0.394 e. The van der Waals surface area contributed by atoms with E-state index in [1.165, 1.54) is 5.56 Å². The van der Waals surface area contributed by atoms with Crippen LogP contribution in [0.3, 0.4) is 0 Å². The Kier molecular flexibility index (Phi) is 5.42. The monoisotopic (exact) mass is 486 g/mol. The van der Waals surface area contributed by atoms with Crippen molar-refractivity contribution in [2.45, 2.75) is 73.1 Å². The van der Waals surface area contributed by atoms with Crippen molar-refractivity contribution in [1.29, 1.82) is 0 Å². The van der Waals surface area contributed by atoms with Crippen LogP contribution >= 0.6 is 11.6 Å². The van der Waals surface area contributed by atoms with Gasteiger partial charge in [-0.25, -0.2) is 4.98 Å². The van der Waals surface area contributed by atoms with E-state index in [0.717, 1.165) is 86.0 Å². The summed E-state index contributed by atoms with van der Waals surface area (Å²) in [7, 11) is -1.08. The van der Waals surface area contributed by atoms with Crippen molar-refractivity contribution in [3.05, 3.63) is 40.5 Å². The first kappa shape index (κ1) is 21.8. The van der Waals surface area contributed by atoms with Gasteiger partial charge in [0, 0.05) is 29.3 Å². The number of aliphatic hydroxyl groups excluding tert-OH is 1. The van der Waals surface area contributed by atoms with Crippen LogP contribution in [-0.2, 0) is 16.2 Å². The number of fused-ring (bicyclic) bond motifs is 2. The zero-order valence-electron chi connectivity index (χ0n) is 18.9. The molecule has 6 nitrogen and oxygen atoms in total. The van der Waals surface area contributed by atoms with E-state index in [1.54, 1.807) is 0 Å². The summed E-state index contributed by atoms with van der Waals surface area (Å²) in [6, 6.07) is 8.26. The number of hydrogen-bond acceptors (Lipinski definition) is 6. The van der Waals surface area contributed by atoms with Crippen LogP contribution in [0.2, 0.25) is 5.02 Å². The SMILES string of the molecule is O=[S@]1CC2(CC2)c2nc(N3CCCC(c4ccc(Cl)cc4)CC3)nc(NC3(CO)CCC3)c21. The van der Waals surface area contributed by atoms with Crippen LogP contribution in [-0.4, -0.2) is 50.3 Å². The van der Waals surface area contributed by atoms with Crippen LogP contribution < -0.4 is 10.2 Å². The van der Waals surface area contributed by atoms with Gasteiger partial charge in [0.25, 0.3) is 0 Å². The van der Waals surface area contributed by atoms with Gasteiger partial charge in [-0.3, -0.25) is 4.21 Å². The lowest BCUT2D eigenvalue weighted by Gasteiger charge is -2.41. The summed E-state index contributed by atoms with van der Waals surface area (Å²) in [4.78, 5) is 13.1. The van der Waals surface area contributed by atoms with Crippen molar-refractivity contribution in [1.82, 2.24) is 9.97 Å². The first-order chi connectivity index (χ1) is 16.0. The van der Waals surface area contributed by atoms with Gasteiger partial charge in [-0.15, -0.1) is 0 Å². The summed E-state index contributed by atoms with van der Waals surface area (Å²) in [6.45, 7) is 1.89. The Morgan fingerprint density at radius 2 is 1.88 bits per heavy atom. The fraction of sp³-hybridized carbons (Fsp3) is 0.600. The molecular formula is C25H31ClN4O2S. The van der Waals surface area contributed by atoms with Gasteiger partial charge in [0.15, 0.2) is 0 Å². The van der Waals surface area contributed by atoms with E-state index < -0.39 is 10.8 Å². The Hall–Kier alpha value is -1.70. The van der Waals surface area contributed by atoms with Crippen LogP contribution in [0, 0.1) is 0 Å². The molecule has 1 spiro atoms. The predicted octanol–water partition coefficient (Wildman–Crippen LogP) is 4.38. The number of nitrogens with one attached hydrogen (secondary N) is 1. The maximum atomic E-state index is 13.1. The first-order valence-electron chi connectivity index (χ1n) is 12.2. The number of anilines is 2. The molecule has 6 rings (SSSR count). The lowest BCUT2D eigenvalue weighted by Crippen LogP contribution is -2.48. The summed E-state index contributed by atoms with van der Waals surface area (Å²) in [5, 5.41) is 14.4. The zero-order valence-corrected chi connectivity index (χ0v) is 20.4. The average molecular weight is 487 g/mol. The minimum Gasteiger partial charge on any atom is -0.394 e. The lowest BCUT2D eigenvalue weighted by molar-refractivity contribution is 0.143. The molecule has 1 saturated heterocycles. The summed E-state index contributed by atoms with van der Waals surface area (Å²) < 4.78 is 13.1. The second-order valence-electron chi connectivity index (χ2n) is 10.4. The molecule has 0 bridgehead atoms. The molecule has 3 fully saturated rings. The van der Waals surface area contributed by atoms with Crippen LogP contribution in [0.15, 0.2) is 29.2 Å². The number of rotatable bonds is 5. The number of aromatic nitrogens is 2. The summed E-state index contributed by atoms with van der Waals surface area (Å²) in [5.41, 5.74) is 2.00. The molecule has 1 unspecified atom stereocenters. The molecule has 0 amide bonds. The molecule has 3 heterocycles. The van der Waals surface area contributed by atoms with Gasteiger partial charge in [-0.2, -0.15) is 4.98 Å². The number of hydrogen-bond donors (Lipinski definition) is 2. The second kappa shape index (κ2) is 8.21. The van der Waals surface area contributed by atoms with Crippen LogP contribution in [0.5, 0.6) is 0 Å². The molecule has 2 N–H and O–H groups in total. The lowest BCUT2D eigenvalue weighted by atomic mass is 9.77. The molecule has 1 aromatic heterocycles. The molecule has 176 valence electrons. The Bertz CT molecular complexity index is 1080. The Labute approximate surface area is 202 Å². The maximum Gasteiger partial charge on any atom is 0.227 e. The predicted molar refractivity (Wildman–Crippen MR) is 132 cm³/mol. The van der Waals surface area contributed by atoms with Gasteiger partial charge in [-0.1, -0.05) is 23.7 Å². The van der Waals surface area contributed by atoms with Crippen molar-refractivity contribution >= 4 is 34.2 Å². The number of benzene rings is 1. The summed E-state index contributed by atoms with van der Waals surface area (Å²) in [5.74, 6) is 2.63. The standard InChI is InChI=1S/C25H31ClN4O2S/c26-19-6-4-18(5-7-19)17-3-1-13-30(14-8-17)23-27-21-20(33(32)16-24(21)11-12-24)22(28-23)29-25(15-31)9-2-10-25/h4-7,17,31H,1-3,8-16H2,(H,27,28,29)/t17?,33-/m0/s1. The number of nitrogens with zero attached hydrogens (tertiary/aromatic N) is 3. The molecule has 1 aromatic carbocycles. The quantitative estimate of drug-likeness (QED) is 0.652. The van der Waals surface area contributed by atoms with E-state index >= 15 is 0 Å². The molecule has 0 radical (unpaired) electrons. The molecular weight excluding hydrogens is 456 g/mol. The first-order valence-corrected chi connectivity index (χ1v) is 13.9. The fourth-order valence-corrected chi connectivity index (χ4v) is 7.69. The van der Waals surface area contributed by atoms with Gasteiger partial charge in [0.05, 0.1) is 28.6 Å². The van der Waals surface area contributed by atoms with E-state index in [2.05, 4.69) is 22.3 Å². The maximum absolute atomic E-state index is 13.1. The van der Waals surface area contributed by atoms with Crippen molar-refractivity contribution in [3.63, 3.8) is 0 Å². The molecule has 2 aliphatic carbocycles. The third-order valence-corrected chi connectivity index (χ3v) is 10.1. The van der Waals surface area contributed by atoms with Crippen LogP contribution in [0.1, 0.15) is 68.5 Å². The van der Waals surface area contributed by atoms with E-state index in [-0.39, 0.29) is 17.6 Å². The van der Waals surface area contributed by atoms with E-state index in [9.17, 15) is 9.32 Å². The van der Waals surface area contributed by atoms with Crippen LogP contribution in [0.4, 0.5) is 11.8 Å². The molecule has 2 aromatic rings. The van der Waals surface area contributed by atoms with Crippen molar-refractivity contribution in [2.75, 3.05) is 35.7 Å². The van der Waals surface area contributed by atoms with Gasteiger partial charge in [0.2, 0.25) is 5.95 Å². The van der Waals surface area contributed by atoms with E-state index in [1.807, 2.05) is 12.1 Å². The topological polar surface area (TPSA) is 78.4 Å². The molecule has 8 heteroatoms. The highest BCUT2D eigenvalue weighted by Gasteiger charge is 2.55. The minimum absolute atomic E-state index is 0.0159. The van der Waals surface area contributed by atoms with Gasteiger partial charge < -0.3 is 15.3 Å². The van der Waals surface area contributed by atoms with E-state index in [0.29, 0.717) is 17.5 Å². The molecule has 33 heavy (non-hydrogen) atoms. The Morgan fingerprint density at radius 1 is 1.09 bits per heavy atom. The Morgan fingerprint density at radius 3 is 2.55 bits per heavy atom. The van der Waals surface area contributed by atoms with Crippen molar-refractivity contribution in [2.24, 2.45) is 0 Å². The molecule has 2 atom stereocenters.